The molecule has 112 valence electrons. The molecule has 0 fully saturated rings. The summed E-state index contributed by atoms with van der Waals surface area (Å²) in [4.78, 5) is 0. The Kier molecular flexibility index (Phi) is 3.11. The Morgan fingerprint density at radius 3 is 2.77 bits per heavy atom. The quantitative estimate of drug-likeness (QED) is 0.691. The predicted octanol–water partition coefficient (Wildman–Crippen LogP) is 2.91. The van der Waals surface area contributed by atoms with Gasteiger partial charge < -0.3 is 9.47 Å². The maximum Gasteiger partial charge on any atom is 0.224 e. The maximum atomic E-state index is 6.25. The van der Waals surface area contributed by atoms with Crippen LogP contribution in [-0.2, 0) is 0 Å². The first-order valence-corrected chi connectivity index (χ1v) is 7.39. The molecule has 4 rings (SSSR count). The number of halogens is 1. The van der Waals surface area contributed by atoms with E-state index in [9.17, 15) is 0 Å². The van der Waals surface area contributed by atoms with Gasteiger partial charge in [0.1, 0.15) is 0 Å². The second kappa shape index (κ2) is 5.14. The second-order valence-corrected chi connectivity index (χ2v) is 5.49. The highest BCUT2D eigenvalue weighted by atomic mass is 35.5. The van der Waals surface area contributed by atoms with Gasteiger partial charge >= 0.3 is 0 Å². The van der Waals surface area contributed by atoms with E-state index in [0.29, 0.717) is 36.2 Å². The molecule has 0 aliphatic carbocycles. The van der Waals surface area contributed by atoms with Gasteiger partial charge in [-0.25, -0.2) is 0 Å². The van der Waals surface area contributed by atoms with Crippen molar-refractivity contribution in [3.8, 4) is 22.9 Å². The third-order valence-corrected chi connectivity index (χ3v) is 3.73. The van der Waals surface area contributed by atoms with Gasteiger partial charge in [0.15, 0.2) is 11.0 Å². The molecule has 3 aromatic rings. The number of aryl methyl sites for hydroxylation is 1. The molecule has 1 aromatic carbocycles. The van der Waals surface area contributed by atoms with E-state index in [1.54, 1.807) is 4.52 Å². The highest BCUT2D eigenvalue weighted by molar-refractivity contribution is 6.31. The normalized spacial score (nSPS) is 14.1. The number of hydrogen-bond donors (Lipinski definition) is 0. The zero-order valence-corrected chi connectivity index (χ0v) is 12.7. The van der Waals surface area contributed by atoms with Crippen molar-refractivity contribution < 1.29 is 9.47 Å². The fourth-order valence-electron chi connectivity index (χ4n) is 2.47. The van der Waals surface area contributed by atoms with Crippen LogP contribution in [0.25, 0.3) is 17.0 Å². The van der Waals surface area contributed by atoms with E-state index in [0.717, 1.165) is 17.5 Å². The average molecular weight is 317 g/mol. The van der Waals surface area contributed by atoms with Crippen molar-refractivity contribution in [1.29, 1.82) is 0 Å². The van der Waals surface area contributed by atoms with E-state index in [2.05, 4.69) is 15.3 Å². The van der Waals surface area contributed by atoms with E-state index in [1.165, 1.54) is 0 Å². The van der Waals surface area contributed by atoms with Crippen LogP contribution in [-0.4, -0.2) is 33.0 Å². The van der Waals surface area contributed by atoms with E-state index in [1.807, 2.05) is 31.2 Å². The summed E-state index contributed by atoms with van der Waals surface area (Å²) in [7, 11) is 0. The Labute approximate surface area is 131 Å². The number of hydrogen-bond acceptors (Lipinski definition) is 5. The van der Waals surface area contributed by atoms with Crippen molar-refractivity contribution in [2.75, 3.05) is 13.2 Å². The van der Waals surface area contributed by atoms with Crippen molar-refractivity contribution in [1.82, 2.24) is 19.8 Å². The van der Waals surface area contributed by atoms with Crippen molar-refractivity contribution in [2.45, 2.75) is 13.3 Å². The van der Waals surface area contributed by atoms with Crippen LogP contribution in [0.4, 0.5) is 0 Å². The molecule has 0 atom stereocenters. The lowest BCUT2D eigenvalue weighted by atomic mass is 10.1. The molecule has 0 spiro atoms. The minimum absolute atomic E-state index is 0.248. The van der Waals surface area contributed by atoms with E-state index in [-0.39, 0.29) is 5.15 Å². The Bertz CT molecular complexity index is 862. The van der Waals surface area contributed by atoms with Crippen LogP contribution in [0.3, 0.4) is 0 Å². The highest BCUT2D eigenvalue weighted by Gasteiger charge is 2.23. The number of fused-ring (bicyclic) bond motifs is 3. The Balaban J connectivity index is 1.96. The molecule has 7 heteroatoms. The minimum Gasteiger partial charge on any atom is -0.487 e. The molecule has 2 aromatic heterocycles. The number of rotatable bonds is 1. The second-order valence-electron chi connectivity index (χ2n) is 5.13. The third-order valence-electron chi connectivity index (χ3n) is 3.48. The minimum atomic E-state index is 0.248. The summed E-state index contributed by atoms with van der Waals surface area (Å²) >= 11 is 6.25. The lowest BCUT2D eigenvalue weighted by Crippen LogP contribution is -2.01. The van der Waals surface area contributed by atoms with Crippen LogP contribution >= 0.6 is 11.6 Å². The van der Waals surface area contributed by atoms with Crippen molar-refractivity contribution >= 4 is 17.2 Å². The molecule has 0 bridgehead atoms. The smallest absolute Gasteiger partial charge is 0.224 e. The molecule has 0 radical (unpaired) electrons. The van der Waals surface area contributed by atoms with Crippen LogP contribution in [0.15, 0.2) is 24.3 Å². The molecule has 0 N–H and O–H groups in total. The Morgan fingerprint density at radius 2 is 1.95 bits per heavy atom. The molecule has 1 aliphatic heterocycles. The molecule has 6 nitrogen and oxygen atoms in total. The van der Waals surface area contributed by atoms with Crippen molar-refractivity contribution in [3.05, 3.63) is 35.0 Å². The van der Waals surface area contributed by atoms with Crippen LogP contribution in [0, 0.1) is 6.92 Å². The Hall–Kier alpha value is -2.34. The summed E-state index contributed by atoms with van der Waals surface area (Å²) in [6.07, 6.45) is 0.788. The third kappa shape index (κ3) is 2.07. The van der Waals surface area contributed by atoms with Crippen LogP contribution in [0.1, 0.15) is 12.0 Å². The molecule has 22 heavy (non-hydrogen) atoms. The standard InChI is InChI=1S/C15H13ClN4O2/c1-9-4-2-5-10(8-9)14-17-18-15-12-11(13(16)19-20(14)15)21-6-3-7-22-12/h2,4-5,8H,3,6-7H2,1H3. The highest BCUT2D eigenvalue weighted by Crippen LogP contribution is 2.38. The first kappa shape index (κ1) is 13.3. The van der Waals surface area contributed by atoms with Crippen molar-refractivity contribution in [3.63, 3.8) is 0 Å². The average Bonchev–Trinajstić information content (AvgIpc) is 2.76. The number of ether oxygens (including phenoxy) is 2. The molecule has 0 unspecified atom stereocenters. The zero-order valence-electron chi connectivity index (χ0n) is 11.9. The fourth-order valence-corrected chi connectivity index (χ4v) is 2.69. The number of nitrogens with zero attached hydrogens (tertiary/aromatic N) is 4. The molecule has 0 saturated heterocycles. The van der Waals surface area contributed by atoms with Gasteiger partial charge in [0.25, 0.3) is 0 Å². The predicted molar refractivity (Wildman–Crippen MR) is 81.6 cm³/mol. The molecule has 0 saturated carbocycles. The summed E-state index contributed by atoms with van der Waals surface area (Å²) in [5, 5.41) is 13.0. The maximum absolute atomic E-state index is 6.25. The molecule has 0 amide bonds. The van der Waals surface area contributed by atoms with Gasteiger partial charge in [-0.15, -0.1) is 15.3 Å². The van der Waals surface area contributed by atoms with Crippen LogP contribution < -0.4 is 9.47 Å². The van der Waals surface area contributed by atoms with Crippen LogP contribution in [0.5, 0.6) is 11.5 Å². The molecular formula is C15H13ClN4O2. The van der Waals surface area contributed by atoms with Gasteiger partial charge in [-0.2, -0.15) is 4.52 Å². The topological polar surface area (TPSA) is 61.5 Å². The fraction of sp³-hybridized carbons (Fsp3) is 0.267. The zero-order chi connectivity index (χ0) is 15.1. The lowest BCUT2D eigenvalue weighted by Gasteiger charge is -2.09. The molecular weight excluding hydrogens is 304 g/mol. The van der Waals surface area contributed by atoms with Gasteiger partial charge in [-0.3, -0.25) is 0 Å². The summed E-state index contributed by atoms with van der Waals surface area (Å²) in [5.41, 5.74) is 2.57. The van der Waals surface area contributed by atoms with E-state index >= 15 is 0 Å². The summed E-state index contributed by atoms with van der Waals surface area (Å²) in [6.45, 7) is 3.12. The monoisotopic (exact) mass is 316 g/mol. The van der Waals surface area contributed by atoms with Gasteiger partial charge in [0.2, 0.25) is 17.1 Å². The van der Waals surface area contributed by atoms with Gasteiger partial charge in [-0.1, -0.05) is 35.4 Å². The van der Waals surface area contributed by atoms with Gasteiger partial charge in [0.05, 0.1) is 13.2 Å². The molecule has 1 aliphatic rings. The Morgan fingerprint density at radius 1 is 1.14 bits per heavy atom. The summed E-state index contributed by atoms with van der Waals surface area (Å²) < 4.78 is 13.0. The lowest BCUT2D eigenvalue weighted by molar-refractivity contribution is 0.297. The van der Waals surface area contributed by atoms with Gasteiger partial charge in [0, 0.05) is 12.0 Å². The SMILES string of the molecule is Cc1cccc(-c2nnc3c4c(c(Cl)nn23)OCCCO4)c1. The first-order chi connectivity index (χ1) is 10.7. The molecule has 3 heterocycles. The number of aromatic nitrogens is 4. The summed E-state index contributed by atoms with van der Waals surface area (Å²) in [6, 6.07) is 7.98. The van der Waals surface area contributed by atoms with Crippen LogP contribution in [0.2, 0.25) is 5.15 Å². The largest absolute Gasteiger partial charge is 0.487 e. The number of benzene rings is 1. The summed E-state index contributed by atoms with van der Waals surface area (Å²) in [5.74, 6) is 1.56. The first-order valence-electron chi connectivity index (χ1n) is 7.01. The van der Waals surface area contributed by atoms with E-state index in [4.69, 9.17) is 21.1 Å². The van der Waals surface area contributed by atoms with E-state index < -0.39 is 0 Å². The van der Waals surface area contributed by atoms with Gasteiger partial charge in [-0.05, 0) is 13.0 Å². The van der Waals surface area contributed by atoms with Crippen molar-refractivity contribution in [2.24, 2.45) is 0 Å².